The predicted molar refractivity (Wildman–Crippen MR) is 79.8 cm³/mol. The van der Waals surface area contributed by atoms with E-state index in [2.05, 4.69) is 0 Å². The summed E-state index contributed by atoms with van der Waals surface area (Å²) >= 11 is 0. The van der Waals surface area contributed by atoms with Crippen molar-refractivity contribution < 1.29 is 4.74 Å². The number of nitrogens with two attached hydrogens (primary N) is 1. The number of methoxy groups -OCH3 is 1. The molecule has 0 aliphatic rings. The Balaban J connectivity index is 2.49. The van der Waals surface area contributed by atoms with Crippen molar-refractivity contribution in [3.05, 3.63) is 51.4 Å². The van der Waals surface area contributed by atoms with Gasteiger partial charge in [0.2, 0.25) is 0 Å². The SMILES string of the molecule is CCn1c(COC)c(N)c(=O)n1Cc1ccccc1C. The molecule has 0 saturated carbocycles. The van der Waals surface area contributed by atoms with Crippen LogP contribution in [0, 0.1) is 6.92 Å². The van der Waals surface area contributed by atoms with Crippen molar-refractivity contribution in [1.29, 1.82) is 0 Å². The number of anilines is 1. The Morgan fingerprint density at radius 3 is 2.55 bits per heavy atom. The van der Waals surface area contributed by atoms with E-state index in [4.69, 9.17) is 10.5 Å². The molecule has 0 aliphatic carbocycles. The van der Waals surface area contributed by atoms with Gasteiger partial charge in [-0.3, -0.25) is 9.48 Å². The van der Waals surface area contributed by atoms with E-state index in [0.29, 0.717) is 19.7 Å². The second-order valence-corrected chi connectivity index (χ2v) is 4.80. The van der Waals surface area contributed by atoms with Gasteiger partial charge in [-0.05, 0) is 25.0 Å². The molecular weight excluding hydrogens is 254 g/mol. The Kier molecular flexibility index (Phi) is 4.29. The first-order chi connectivity index (χ1) is 9.60. The number of rotatable bonds is 5. The number of nitrogen functional groups attached to an aromatic ring is 1. The Hall–Kier alpha value is -2.01. The van der Waals surface area contributed by atoms with Gasteiger partial charge in [-0.25, -0.2) is 4.68 Å². The lowest BCUT2D eigenvalue weighted by Gasteiger charge is -2.13. The van der Waals surface area contributed by atoms with Crippen LogP contribution in [0.5, 0.6) is 0 Å². The second kappa shape index (κ2) is 5.96. The summed E-state index contributed by atoms with van der Waals surface area (Å²) in [6, 6.07) is 8.04. The highest BCUT2D eigenvalue weighted by molar-refractivity contribution is 5.41. The molecule has 1 aromatic heterocycles. The fourth-order valence-corrected chi connectivity index (χ4v) is 2.41. The summed E-state index contributed by atoms with van der Waals surface area (Å²) in [5.41, 5.74) is 9.08. The van der Waals surface area contributed by atoms with Gasteiger partial charge in [0.05, 0.1) is 18.8 Å². The van der Waals surface area contributed by atoms with Crippen LogP contribution in [0.25, 0.3) is 0 Å². The zero-order valence-electron chi connectivity index (χ0n) is 12.2. The molecular formula is C15H21N3O2. The maximum Gasteiger partial charge on any atom is 0.290 e. The number of hydrogen-bond acceptors (Lipinski definition) is 3. The van der Waals surface area contributed by atoms with Crippen molar-refractivity contribution in [2.45, 2.75) is 33.5 Å². The van der Waals surface area contributed by atoms with Gasteiger partial charge in [-0.1, -0.05) is 24.3 Å². The van der Waals surface area contributed by atoms with Gasteiger partial charge in [0.25, 0.3) is 5.56 Å². The van der Waals surface area contributed by atoms with Crippen LogP contribution >= 0.6 is 0 Å². The molecule has 2 N–H and O–H groups in total. The minimum atomic E-state index is -0.151. The number of benzene rings is 1. The van der Waals surface area contributed by atoms with Crippen LogP contribution in [0.1, 0.15) is 23.7 Å². The van der Waals surface area contributed by atoms with Crippen molar-refractivity contribution in [3.8, 4) is 0 Å². The maximum atomic E-state index is 12.3. The van der Waals surface area contributed by atoms with E-state index >= 15 is 0 Å². The summed E-state index contributed by atoms with van der Waals surface area (Å²) in [7, 11) is 1.60. The van der Waals surface area contributed by atoms with Gasteiger partial charge in [0.1, 0.15) is 5.69 Å². The normalized spacial score (nSPS) is 10.9. The number of ether oxygens (including phenoxy) is 1. The van der Waals surface area contributed by atoms with E-state index in [0.717, 1.165) is 16.8 Å². The quantitative estimate of drug-likeness (QED) is 0.904. The number of hydrogen-bond donors (Lipinski definition) is 1. The summed E-state index contributed by atoms with van der Waals surface area (Å²) in [6.45, 7) is 5.57. The molecule has 0 bridgehead atoms. The lowest BCUT2D eigenvalue weighted by atomic mass is 10.1. The summed E-state index contributed by atoms with van der Waals surface area (Å²) < 4.78 is 8.72. The molecule has 0 unspecified atom stereocenters. The minimum Gasteiger partial charge on any atom is -0.393 e. The highest BCUT2D eigenvalue weighted by atomic mass is 16.5. The van der Waals surface area contributed by atoms with Crippen molar-refractivity contribution in [3.63, 3.8) is 0 Å². The summed E-state index contributed by atoms with van der Waals surface area (Å²) in [4.78, 5) is 12.3. The number of nitrogens with zero attached hydrogens (tertiary/aromatic N) is 2. The monoisotopic (exact) mass is 275 g/mol. The fraction of sp³-hybridized carbons (Fsp3) is 0.400. The average molecular weight is 275 g/mol. The van der Waals surface area contributed by atoms with E-state index in [9.17, 15) is 4.79 Å². The predicted octanol–water partition coefficient (Wildman–Crippen LogP) is 1.76. The highest BCUT2D eigenvalue weighted by Crippen LogP contribution is 2.13. The fourth-order valence-electron chi connectivity index (χ4n) is 2.41. The van der Waals surface area contributed by atoms with Gasteiger partial charge in [-0.15, -0.1) is 0 Å². The molecule has 0 amide bonds. The molecule has 0 fully saturated rings. The van der Waals surface area contributed by atoms with Gasteiger partial charge < -0.3 is 10.5 Å². The Bertz CT molecular complexity index is 656. The maximum absolute atomic E-state index is 12.3. The summed E-state index contributed by atoms with van der Waals surface area (Å²) in [5.74, 6) is 0. The third kappa shape index (κ3) is 2.49. The lowest BCUT2D eigenvalue weighted by molar-refractivity contribution is 0.175. The largest absolute Gasteiger partial charge is 0.393 e. The molecule has 20 heavy (non-hydrogen) atoms. The van der Waals surface area contributed by atoms with Crippen LogP contribution in [0.4, 0.5) is 5.69 Å². The van der Waals surface area contributed by atoms with Gasteiger partial charge in [-0.2, -0.15) is 0 Å². The van der Waals surface area contributed by atoms with E-state index in [1.807, 2.05) is 42.8 Å². The molecule has 0 atom stereocenters. The van der Waals surface area contributed by atoms with E-state index in [1.165, 1.54) is 0 Å². The second-order valence-electron chi connectivity index (χ2n) is 4.80. The summed E-state index contributed by atoms with van der Waals surface area (Å²) in [6.07, 6.45) is 0. The van der Waals surface area contributed by atoms with Crippen LogP contribution in [-0.2, 0) is 24.4 Å². The van der Waals surface area contributed by atoms with E-state index < -0.39 is 0 Å². The molecule has 5 heteroatoms. The van der Waals surface area contributed by atoms with Crippen LogP contribution in [0.3, 0.4) is 0 Å². The van der Waals surface area contributed by atoms with Crippen LogP contribution < -0.4 is 11.3 Å². The van der Waals surface area contributed by atoms with E-state index in [-0.39, 0.29) is 11.2 Å². The van der Waals surface area contributed by atoms with Crippen molar-refractivity contribution in [2.24, 2.45) is 0 Å². The van der Waals surface area contributed by atoms with Crippen molar-refractivity contribution in [1.82, 2.24) is 9.36 Å². The third-order valence-corrected chi connectivity index (χ3v) is 3.54. The number of aryl methyl sites for hydroxylation is 1. The van der Waals surface area contributed by atoms with Crippen LogP contribution in [0.2, 0.25) is 0 Å². The molecule has 0 aliphatic heterocycles. The molecule has 2 rings (SSSR count). The Labute approximate surface area is 118 Å². The zero-order valence-corrected chi connectivity index (χ0v) is 12.2. The minimum absolute atomic E-state index is 0.151. The Morgan fingerprint density at radius 1 is 1.25 bits per heavy atom. The first-order valence-electron chi connectivity index (χ1n) is 6.71. The molecule has 108 valence electrons. The standard InChI is InChI=1S/C15H21N3O2/c1-4-17-13(10-20-3)14(16)15(19)18(17)9-12-8-6-5-7-11(12)2/h5-8H,4,9-10,16H2,1-3H3. The topological polar surface area (TPSA) is 62.2 Å². The molecule has 0 spiro atoms. The smallest absolute Gasteiger partial charge is 0.290 e. The molecule has 0 radical (unpaired) electrons. The van der Waals surface area contributed by atoms with Gasteiger partial charge in [0.15, 0.2) is 0 Å². The zero-order chi connectivity index (χ0) is 14.7. The number of aromatic nitrogens is 2. The van der Waals surface area contributed by atoms with Crippen molar-refractivity contribution in [2.75, 3.05) is 12.8 Å². The Morgan fingerprint density at radius 2 is 1.95 bits per heavy atom. The van der Waals surface area contributed by atoms with Crippen LogP contribution in [0.15, 0.2) is 29.1 Å². The first kappa shape index (κ1) is 14.4. The first-order valence-corrected chi connectivity index (χ1v) is 6.71. The molecule has 5 nitrogen and oxygen atoms in total. The van der Waals surface area contributed by atoms with Gasteiger partial charge in [0, 0.05) is 13.7 Å². The van der Waals surface area contributed by atoms with Gasteiger partial charge >= 0.3 is 0 Å². The molecule has 1 aromatic carbocycles. The molecule has 2 aromatic rings. The average Bonchev–Trinajstić information content (AvgIpc) is 2.67. The van der Waals surface area contributed by atoms with Crippen molar-refractivity contribution >= 4 is 5.69 Å². The highest BCUT2D eigenvalue weighted by Gasteiger charge is 2.17. The van der Waals surface area contributed by atoms with E-state index in [1.54, 1.807) is 11.8 Å². The lowest BCUT2D eigenvalue weighted by Crippen LogP contribution is -2.24. The van der Waals surface area contributed by atoms with Crippen LogP contribution in [-0.4, -0.2) is 16.5 Å². The third-order valence-electron chi connectivity index (χ3n) is 3.54. The molecule has 1 heterocycles. The summed E-state index contributed by atoms with van der Waals surface area (Å²) in [5, 5.41) is 0. The molecule has 0 saturated heterocycles.